The van der Waals surface area contributed by atoms with Gasteiger partial charge in [0.15, 0.2) is 0 Å². The van der Waals surface area contributed by atoms with Gasteiger partial charge in [-0.15, -0.1) is 0 Å². The minimum Gasteiger partial charge on any atom is -0.364 e. The zero-order chi connectivity index (χ0) is 20.3. The Labute approximate surface area is 170 Å². The first-order valence-electron chi connectivity index (χ1n) is 10.2. The number of pyridine rings is 2. The van der Waals surface area contributed by atoms with E-state index in [0.717, 1.165) is 45.3 Å². The molecule has 0 unspecified atom stereocenters. The van der Waals surface area contributed by atoms with E-state index >= 15 is 0 Å². The van der Waals surface area contributed by atoms with Gasteiger partial charge >= 0.3 is 0 Å². The van der Waals surface area contributed by atoms with Crippen LogP contribution in [-0.4, -0.2) is 57.8 Å². The zero-order valence-electron chi connectivity index (χ0n) is 16.6. The van der Waals surface area contributed by atoms with Crippen molar-refractivity contribution in [2.75, 3.05) is 26.2 Å². The second-order valence-corrected chi connectivity index (χ2v) is 8.19. The molecule has 2 aromatic heterocycles. The van der Waals surface area contributed by atoms with Crippen LogP contribution in [0.3, 0.4) is 0 Å². The summed E-state index contributed by atoms with van der Waals surface area (Å²) in [7, 11) is 0. The molecule has 7 heteroatoms. The van der Waals surface area contributed by atoms with Gasteiger partial charge < -0.3 is 10.6 Å². The van der Waals surface area contributed by atoms with Crippen molar-refractivity contribution in [3.05, 3.63) is 59.7 Å². The number of amides is 2. The summed E-state index contributed by atoms with van der Waals surface area (Å²) < 4.78 is 0. The third-order valence-electron chi connectivity index (χ3n) is 6.43. The van der Waals surface area contributed by atoms with Crippen molar-refractivity contribution in [1.82, 2.24) is 19.8 Å². The Morgan fingerprint density at radius 1 is 1.00 bits per heavy atom. The molecule has 2 aromatic rings. The first kappa shape index (κ1) is 19.5. The summed E-state index contributed by atoms with van der Waals surface area (Å²) in [6.45, 7) is 4.54. The number of piperidine rings is 2. The van der Waals surface area contributed by atoms with Crippen molar-refractivity contribution < 1.29 is 9.59 Å². The van der Waals surface area contributed by atoms with E-state index in [1.165, 1.54) is 11.8 Å². The molecule has 4 rings (SSSR count). The van der Waals surface area contributed by atoms with E-state index in [2.05, 4.69) is 20.9 Å². The highest BCUT2D eigenvalue weighted by molar-refractivity contribution is 6.05. The first-order valence-corrected chi connectivity index (χ1v) is 10.2. The van der Waals surface area contributed by atoms with E-state index in [1.807, 2.05) is 23.4 Å². The molecule has 2 N–H and O–H groups in total. The second-order valence-electron chi connectivity index (χ2n) is 8.19. The van der Waals surface area contributed by atoms with E-state index in [4.69, 9.17) is 5.73 Å². The Kier molecular flexibility index (Phi) is 5.58. The topological polar surface area (TPSA) is 92.4 Å². The number of carbonyl (C=O) groups excluding carboxylic acids is 2. The highest BCUT2D eigenvalue weighted by Crippen LogP contribution is 2.41. The van der Waals surface area contributed by atoms with E-state index in [-0.39, 0.29) is 11.6 Å². The lowest BCUT2D eigenvalue weighted by Gasteiger charge is -2.47. The summed E-state index contributed by atoms with van der Waals surface area (Å²) in [4.78, 5) is 37.0. The summed E-state index contributed by atoms with van der Waals surface area (Å²) >= 11 is 0. The Morgan fingerprint density at radius 2 is 1.69 bits per heavy atom. The maximum Gasteiger partial charge on any atom is 0.268 e. The van der Waals surface area contributed by atoms with Gasteiger partial charge in [-0.25, -0.2) is 0 Å². The van der Waals surface area contributed by atoms with Crippen molar-refractivity contribution in [2.24, 2.45) is 11.1 Å². The minimum absolute atomic E-state index is 0.0569. The molecule has 29 heavy (non-hydrogen) atoms. The van der Waals surface area contributed by atoms with Gasteiger partial charge in [0, 0.05) is 38.2 Å². The van der Waals surface area contributed by atoms with Gasteiger partial charge in [-0.3, -0.25) is 24.5 Å². The lowest BCUT2D eigenvalue weighted by atomic mass is 9.71. The maximum absolute atomic E-state index is 12.9. The molecule has 0 atom stereocenters. The monoisotopic (exact) mass is 393 g/mol. The fourth-order valence-corrected chi connectivity index (χ4v) is 4.56. The molecule has 2 fully saturated rings. The first-order chi connectivity index (χ1) is 14.1. The van der Waals surface area contributed by atoms with Crippen LogP contribution in [-0.2, 0) is 6.54 Å². The van der Waals surface area contributed by atoms with Crippen molar-refractivity contribution in [3.63, 3.8) is 0 Å². The van der Waals surface area contributed by atoms with Gasteiger partial charge in [0.1, 0.15) is 5.69 Å². The van der Waals surface area contributed by atoms with Gasteiger partial charge in [0.25, 0.3) is 11.8 Å². The Morgan fingerprint density at radius 3 is 2.34 bits per heavy atom. The van der Waals surface area contributed by atoms with Crippen LogP contribution in [0.1, 0.15) is 52.1 Å². The molecule has 0 aliphatic carbocycles. The predicted molar refractivity (Wildman–Crippen MR) is 109 cm³/mol. The lowest BCUT2D eigenvalue weighted by Crippen LogP contribution is -2.48. The zero-order valence-corrected chi connectivity index (χ0v) is 16.6. The van der Waals surface area contributed by atoms with Crippen LogP contribution < -0.4 is 5.73 Å². The maximum atomic E-state index is 12.9. The number of nitrogens with zero attached hydrogens (tertiary/aromatic N) is 4. The number of nitrogens with two attached hydrogens (primary N) is 1. The van der Waals surface area contributed by atoms with Gasteiger partial charge in [-0.05, 0) is 68.0 Å². The van der Waals surface area contributed by atoms with Crippen LogP contribution in [0.4, 0.5) is 0 Å². The summed E-state index contributed by atoms with van der Waals surface area (Å²) in [5.41, 5.74) is 7.32. The molecule has 0 radical (unpaired) electrons. The second kappa shape index (κ2) is 8.29. The SMILES string of the molecule is NC(=O)c1ncccc1C(=O)N1CCC2(CCN(Cc3cccnc3)CC2)CC1. The third kappa shape index (κ3) is 4.29. The van der Waals surface area contributed by atoms with Gasteiger partial charge in [0.05, 0.1) is 5.56 Å². The summed E-state index contributed by atoms with van der Waals surface area (Å²) in [6.07, 6.45) is 9.57. The average Bonchev–Trinajstić information content (AvgIpc) is 2.76. The van der Waals surface area contributed by atoms with Crippen LogP contribution in [0, 0.1) is 5.41 Å². The number of hydrogen-bond acceptors (Lipinski definition) is 5. The predicted octanol–water partition coefficient (Wildman–Crippen LogP) is 2.09. The molecule has 2 aliphatic rings. The number of likely N-dealkylation sites (tertiary alicyclic amines) is 2. The summed E-state index contributed by atoms with van der Waals surface area (Å²) in [5.74, 6) is -0.806. The van der Waals surface area contributed by atoms with Crippen LogP contribution in [0.5, 0.6) is 0 Å². The molecule has 152 valence electrons. The number of carbonyl (C=O) groups is 2. The van der Waals surface area contributed by atoms with Gasteiger partial charge in [-0.2, -0.15) is 0 Å². The summed E-state index contributed by atoms with van der Waals surface area (Å²) in [6, 6.07) is 7.42. The highest BCUT2D eigenvalue weighted by atomic mass is 16.2. The van der Waals surface area contributed by atoms with Crippen molar-refractivity contribution in [2.45, 2.75) is 32.2 Å². The smallest absolute Gasteiger partial charge is 0.268 e. The molecule has 1 spiro atoms. The Balaban J connectivity index is 1.33. The standard InChI is InChI=1S/C22H27N5O2/c23-20(28)19-18(4-2-10-25-19)21(29)27-13-7-22(8-14-27)5-11-26(12-6-22)16-17-3-1-9-24-15-17/h1-4,9-10,15H,5-8,11-14,16H2,(H2,23,28). The Bertz CT molecular complexity index is 868. The number of aromatic nitrogens is 2. The number of rotatable bonds is 4. The highest BCUT2D eigenvalue weighted by Gasteiger charge is 2.39. The van der Waals surface area contributed by atoms with E-state index in [0.29, 0.717) is 24.1 Å². The fourth-order valence-electron chi connectivity index (χ4n) is 4.56. The normalized spacial score (nSPS) is 19.2. The molecule has 0 bridgehead atoms. The van der Waals surface area contributed by atoms with Crippen molar-refractivity contribution in [1.29, 1.82) is 0 Å². The molecular weight excluding hydrogens is 366 g/mol. The average molecular weight is 393 g/mol. The van der Waals surface area contributed by atoms with Crippen LogP contribution >= 0.6 is 0 Å². The minimum atomic E-state index is -0.664. The number of primary amides is 1. The molecule has 0 saturated carbocycles. The quantitative estimate of drug-likeness (QED) is 0.859. The van der Waals surface area contributed by atoms with Crippen LogP contribution in [0.15, 0.2) is 42.9 Å². The molecule has 0 aromatic carbocycles. The Hall–Kier alpha value is -2.80. The fraction of sp³-hybridized carbons (Fsp3) is 0.455. The van der Waals surface area contributed by atoms with Gasteiger partial charge in [-0.1, -0.05) is 6.07 Å². The van der Waals surface area contributed by atoms with E-state index in [1.54, 1.807) is 12.1 Å². The number of hydrogen-bond donors (Lipinski definition) is 1. The third-order valence-corrected chi connectivity index (χ3v) is 6.43. The molecule has 4 heterocycles. The molecule has 2 aliphatic heterocycles. The summed E-state index contributed by atoms with van der Waals surface area (Å²) in [5, 5.41) is 0. The van der Waals surface area contributed by atoms with Gasteiger partial charge in [0.2, 0.25) is 0 Å². The van der Waals surface area contributed by atoms with Crippen LogP contribution in [0.25, 0.3) is 0 Å². The molecular formula is C22H27N5O2. The molecule has 2 amide bonds. The van der Waals surface area contributed by atoms with Crippen LogP contribution in [0.2, 0.25) is 0 Å². The van der Waals surface area contributed by atoms with Crippen molar-refractivity contribution >= 4 is 11.8 Å². The largest absolute Gasteiger partial charge is 0.364 e. The lowest BCUT2D eigenvalue weighted by molar-refractivity contribution is 0.0283. The van der Waals surface area contributed by atoms with E-state index < -0.39 is 5.91 Å². The molecule has 2 saturated heterocycles. The van der Waals surface area contributed by atoms with Crippen molar-refractivity contribution in [3.8, 4) is 0 Å². The molecule has 7 nitrogen and oxygen atoms in total. The van der Waals surface area contributed by atoms with E-state index in [9.17, 15) is 9.59 Å².